The highest BCUT2D eigenvalue weighted by Gasteiger charge is 2.15. The largest absolute Gasteiger partial charge is 0.294 e. The molecule has 1 nitrogen and oxygen atoms in total. The van der Waals surface area contributed by atoms with Crippen molar-refractivity contribution in [3.8, 4) is 11.1 Å². The van der Waals surface area contributed by atoms with E-state index < -0.39 is 11.6 Å². The Bertz CT molecular complexity index is 623. The molecule has 0 radical (unpaired) electrons. The molecule has 0 aliphatic rings. The van der Waals surface area contributed by atoms with Gasteiger partial charge < -0.3 is 0 Å². The van der Waals surface area contributed by atoms with Crippen LogP contribution >= 0.6 is 11.6 Å². The van der Waals surface area contributed by atoms with Crippen LogP contribution in [0.5, 0.6) is 0 Å². The van der Waals surface area contributed by atoms with Crippen LogP contribution in [-0.2, 0) is 0 Å². The number of hydrogen-bond acceptors (Lipinski definition) is 1. The monoisotopic (exact) mass is 266 g/mol. The molecule has 0 bridgehead atoms. The third kappa shape index (κ3) is 2.27. The maximum absolute atomic E-state index is 13.9. The predicted molar refractivity (Wildman–Crippen MR) is 66.8 cm³/mol. The van der Waals surface area contributed by atoms with Crippen LogP contribution in [0.2, 0.25) is 5.02 Å². The predicted octanol–water partition coefficient (Wildman–Crippen LogP) is 4.49. The topological polar surface area (TPSA) is 17.1 Å². The summed E-state index contributed by atoms with van der Waals surface area (Å²) in [6, 6.07) is 8.05. The van der Waals surface area contributed by atoms with Crippen LogP contribution in [0.25, 0.3) is 11.1 Å². The molecule has 0 saturated carbocycles. The Kier molecular flexibility index (Phi) is 3.43. The Labute approximate surface area is 108 Å². The van der Waals surface area contributed by atoms with Gasteiger partial charge in [0.1, 0.15) is 11.6 Å². The van der Waals surface area contributed by atoms with Crippen molar-refractivity contribution in [2.24, 2.45) is 0 Å². The second-order valence-electron chi connectivity index (χ2n) is 3.85. The molecule has 0 N–H and O–H groups in total. The normalized spacial score (nSPS) is 10.4. The van der Waals surface area contributed by atoms with Gasteiger partial charge in [-0.1, -0.05) is 23.7 Å². The van der Waals surface area contributed by atoms with Crippen LogP contribution < -0.4 is 0 Å². The second kappa shape index (κ2) is 4.86. The van der Waals surface area contributed by atoms with Crippen LogP contribution in [0.15, 0.2) is 36.4 Å². The van der Waals surface area contributed by atoms with Gasteiger partial charge in [0.15, 0.2) is 5.78 Å². The molecule has 0 aliphatic carbocycles. The first kappa shape index (κ1) is 12.7. The second-order valence-corrected chi connectivity index (χ2v) is 4.25. The van der Waals surface area contributed by atoms with Gasteiger partial charge in [0.25, 0.3) is 0 Å². The highest BCUT2D eigenvalue weighted by molar-refractivity contribution is 6.31. The summed E-state index contributed by atoms with van der Waals surface area (Å²) in [5.41, 5.74) is 0.590. The van der Waals surface area contributed by atoms with E-state index >= 15 is 0 Å². The minimum absolute atomic E-state index is 0.0636. The van der Waals surface area contributed by atoms with E-state index in [1.165, 1.54) is 31.2 Å². The Hall–Kier alpha value is -1.74. The Morgan fingerprint density at radius 1 is 1.11 bits per heavy atom. The molecular formula is C14H9ClF2O. The lowest BCUT2D eigenvalue weighted by Crippen LogP contribution is -1.98. The van der Waals surface area contributed by atoms with Crippen LogP contribution in [0.4, 0.5) is 8.78 Å². The Morgan fingerprint density at radius 2 is 1.83 bits per heavy atom. The van der Waals surface area contributed by atoms with Gasteiger partial charge in [-0.25, -0.2) is 8.78 Å². The highest BCUT2D eigenvalue weighted by Crippen LogP contribution is 2.30. The lowest BCUT2D eigenvalue weighted by atomic mass is 9.97. The summed E-state index contributed by atoms with van der Waals surface area (Å²) in [7, 11) is 0. The molecule has 0 unspecified atom stereocenters. The van der Waals surface area contributed by atoms with E-state index in [0.717, 1.165) is 6.07 Å². The van der Waals surface area contributed by atoms with Crippen LogP contribution in [0.1, 0.15) is 17.3 Å². The standard InChI is InChI=1S/C14H9ClF2O/c1-8(18)10-6-5-9(16)7-12(10)11-3-2-4-13(15)14(11)17/h2-7H,1H3. The van der Waals surface area contributed by atoms with Crippen molar-refractivity contribution in [2.75, 3.05) is 0 Å². The van der Waals surface area contributed by atoms with Gasteiger partial charge in [0.05, 0.1) is 5.02 Å². The number of hydrogen-bond donors (Lipinski definition) is 0. The fourth-order valence-corrected chi connectivity index (χ4v) is 1.93. The fourth-order valence-electron chi connectivity index (χ4n) is 1.76. The van der Waals surface area contributed by atoms with Crippen LogP contribution in [0, 0.1) is 11.6 Å². The van der Waals surface area contributed by atoms with Gasteiger partial charge in [-0.15, -0.1) is 0 Å². The van der Waals surface area contributed by atoms with E-state index in [9.17, 15) is 13.6 Å². The van der Waals surface area contributed by atoms with Crippen molar-refractivity contribution >= 4 is 17.4 Å². The van der Waals surface area contributed by atoms with E-state index in [1.807, 2.05) is 0 Å². The van der Waals surface area contributed by atoms with Gasteiger partial charge in [0.2, 0.25) is 0 Å². The number of benzene rings is 2. The molecule has 0 saturated heterocycles. The summed E-state index contributed by atoms with van der Waals surface area (Å²) in [4.78, 5) is 11.5. The molecule has 0 amide bonds. The van der Waals surface area contributed by atoms with Crippen molar-refractivity contribution < 1.29 is 13.6 Å². The summed E-state index contributed by atoms with van der Waals surface area (Å²) < 4.78 is 27.2. The molecule has 0 atom stereocenters. The highest BCUT2D eigenvalue weighted by atomic mass is 35.5. The zero-order valence-corrected chi connectivity index (χ0v) is 10.3. The molecular weight excluding hydrogens is 258 g/mol. The first-order valence-corrected chi connectivity index (χ1v) is 5.63. The van der Waals surface area contributed by atoms with Crippen molar-refractivity contribution in [3.63, 3.8) is 0 Å². The fraction of sp³-hybridized carbons (Fsp3) is 0.0714. The third-order valence-corrected chi connectivity index (χ3v) is 2.89. The van der Waals surface area contributed by atoms with Gasteiger partial charge in [0, 0.05) is 11.1 Å². The lowest BCUT2D eigenvalue weighted by Gasteiger charge is -2.09. The molecule has 0 aliphatic heterocycles. The van der Waals surface area contributed by atoms with Crippen molar-refractivity contribution in [2.45, 2.75) is 6.92 Å². The molecule has 2 aromatic carbocycles. The molecule has 92 valence electrons. The minimum atomic E-state index is -0.660. The van der Waals surface area contributed by atoms with Crippen LogP contribution in [-0.4, -0.2) is 5.78 Å². The molecule has 0 fully saturated rings. The van der Waals surface area contributed by atoms with Crippen LogP contribution in [0.3, 0.4) is 0 Å². The summed E-state index contributed by atoms with van der Waals surface area (Å²) in [6.07, 6.45) is 0. The Balaban J connectivity index is 2.73. The van der Waals surface area contributed by atoms with Gasteiger partial charge >= 0.3 is 0 Å². The molecule has 2 aromatic rings. The SMILES string of the molecule is CC(=O)c1ccc(F)cc1-c1cccc(Cl)c1F. The van der Waals surface area contributed by atoms with E-state index in [2.05, 4.69) is 0 Å². The molecule has 2 rings (SSSR count). The number of carbonyl (C=O) groups excluding carboxylic acids is 1. The maximum atomic E-state index is 13.9. The van der Waals surface area contributed by atoms with Crippen molar-refractivity contribution in [1.82, 2.24) is 0 Å². The molecule has 0 spiro atoms. The van der Waals surface area contributed by atoms with Gasteiger partial charge in [-0.3, -0.25) is 4.79 Å². The summed E-state index contributed by atoms with van der Waals surface area (Å²) in [5, 5.41) is -0.0636. The van der Waals surface area contributed by atoms with E-state index in [4.69, 9.17) is 11.6 Å². The average molecular weight is 267 g/mol. The van der Waals surface area contributed by atoms with E-state index in [0.29, 0.717) is 0 Å². The summed E-state index contributed by atoms with van der Waals surface area (Å²) in [5.74, 6) is -1.45. The Morgan fingerprint density at radius 3 is 2.50 bits per heavy atom. The quantitative estimate of drug-likeness (QED) is 0.732. The maximum Gasteiger partial charge on any atom is 0.160 e. The smallest absolute Gasteiger partial charge is 0.160 e. The first-order valence-electron chi connectivity index (χ1n) is 5.25. The summed E-state index contributed by atoms with van der Waals surface area (Å²) in [6.45, 7) is 1.35. The summed E-state index contributed by atoms with van der Waals surface area (Å²) >= 11 is 5.68. The number of Topliss-reactive ketones (excluding diaryl/α,β-unsaturated/α-hetero) is 1. The van der Waals surface area contributed by atoms with Gasteiger partial charge in [-0.05, 0) is 36.8 Å². The van der Waals surface area contributed by atoms with E-state index in [1.54, 1.807) is 6.07 Å². The van der Waals surface area contributed by atoms with Gasteiger partial charge in [-0.2, -0.15) is 0 Å². The van der Waals surface area contributed by atoms with E-state index in [-0.39, 0.29) is 27.5 Å². The molecule has 0 aromatic heterocycles. The zero-order valence-electron chi connectivity index (χ0n) is 9.51. The number of halogens is 3. The number of rotatable bonds is 2. The number of ketones is 1. The molecule has 4 heteroatoms. The third-order valence-electron chi connectivity index (χ3n) is 2.60. The molecule has 0 heterocycles. The zero-order chi connectivity index (χ0) is 13.3. The number of carbonyl (C=O) groups is 1. The molecule has 18 heavy (non-hydrogen) atoms. The lowest BCUT2D eigenvalue weighted by molar-refractivity contribution is 0.101. The van der Waals surface area contributed by atoms with Crippen molar-refractivity contribution in [1.29, 1.82) is 0 Å². The van der Waals surface area contributed by atoms with Crippen molar-refractivity contribution in [3.05, 3.63) is 58.6 Å². The first-order chi connectivity index (χ1) is 8.50. The average Bonchev–Trinajstić information content (AvgIpc) is 2.32. The minimum Gasteiger partial charge on any atom is -0.294 e.